The molecular weight excluding hydrogens is 198 g/mol. The van der Waals surface area contributed by atoms with E-state index in [1.807, 2.05) is 6.07 Å². The molecule has 0 saturated carbocycles. The van der Waals surface area contributed by atoms with E-state index in [4.69, 9.17) is 9.68 Å². The maximum absolute atomic E-state index is 10.5. The Morgan fingerprint density at radius 2 is 2.40 bits per heavy atom. The largest absolute Gasteiger partial charge is 0.439 e. The van der Waals surface area contributed by atoms with Crippen LogP contribution in [0.1, 0.15) is 5.89 Å². The van der Waals surface area contributed by atoms with Crippen molar-refractivity contribution in [3.63, 3.8) is 0 Å². The van der Waals surface area contributed by atoms with Gasteiger partial charge in [-0.25, -0.2) is 4.98 Å². The minimum atomic E-state index is -0.508. The van der Waals surface area contributed by atoms with Crippen LogP contribution in [0.4, 0.5) is 5.69 Å². The van der Waals surface area contributed by atoms with Crippen molar-refractivity contribution in [2.75, 3.05) is 0 Å². The molecule has 6 heteroatoms. The van der Waals surface area contributed by atoms with E-state index in [1.165, 1.54) is 18.2 Å². The van der Waals surface area contributed by atoms with Crippen molar-refractivity contribution in [1.82, 2.24) is 4.98 Å². The number of hydrogen-bond donors (Lipinski definition) is 0. The molecule has 1 heterocycles. The van der Waals surface area contributed by atoms with E-state index in [2.05, 4.69) is 4.98 Å². The summed E-state index contributed by atoms with van der Waals surface area (Å²) in [7, 11) is 0. The molecule has 0 atom stereocenters. The summed E-state index contributed by atoms with van der Waals surface area (Å²) in [6, 6.07) is 6.03. The fraction of sp³-hybridized carbons (Fsp3) is 0.111. The Kier molecular flexibility index (Phi) is 2.06. The van der Waals surface area contributed by atoms with Gasteiger partial charge in [0.1, 0.15) is 11.9 Å². The molecule has 0 N–H and O–H groups in total. The van der Waals surface area contributed by atoms with E-state index in [0.717, 1.165) is 0 Å². The minimum absolute atomic E-state index is 0.0536. The molecule has 74 valence electrons. The van der Waals surface area contributed by atoms with Crippen molar-refractivity contribution in [3.05, 3.63) is 34.2 Å². The Morgan fingerprint density at radius 1 is 1.60 bits per heavy atom. The third kappa shape index (κ3) is 1.62. The van der Waals surface area contributed by atoms with Gasteiger partial charge in [-0.15, -0.1) is 0 Å². The second-order valence-electron chi connectivity index (χ2n) is 2.85. The average Bonchev–Trinajstić information content (AvgIpc) is 2.59. The van der Waals surface area contributed by atoms with Gasteiger partial charge in [0.25, 0.3) is 5.69 Å². The first-order chi connectivity index (χ1) is 7.20. The lowest BCUT2D eigenvalue weighted by atomic mass is 10.3. The molecule has 0 saturated heterocycles. The van der Waals surface area contributed by atoms with Crippen molar-refractivity contribution in [2.45, 2.75) is 6.42 Å². The van der Waals surface area contributed by atoms with E-state index < -0.39 is 4.92 Å². The summed E-state index contributed by atoms with van der Waals surface area (Å²) in [5, 5.41) is 18.9. The highest BCUT2D eigenvalue weighted by molar-refractivity contribution is 5.75. The number of aromatic nitrogens is 1. The predicted octanol–water partition coefficient (Wildman–Crippen LogP) is 1.80. The number of hydrogen-bond acceptors (Lipinski definition) is 5. The first kappa shape index (κ1) is 9.15. The molecule has 6 nitrogen and oxygen atoms in total. The quantitative estimate of drug-likeness (QED) is 0.548. The fourth-order valence-electron chi connectivity index (χ4n) is 1.22. The van der Waals surface area contributed by atoms with Gasteiger partial charge in [-0.05, 0) is 6.07 Å². The molecule has 0 aliphatic heterocycles. The van der Waals surface area contributed by atoms with Crippen molar-refractivity contribution < 1.29 is 9.34 Å². The normalized spacial score (nSPS) is 10.1. The summed E-state index contributed by atoms with van der Waals surface area (Å²) < 4.78 is 5.16. The standard InChI is InChI=1S/C9H5N3O3/c10-4-3-9-11-7-2-1-6(12(13)14)5-8(7)15-9/h1-2,5H,3H2. The number of nitriles is 1. The number of non-ortho nitro benzene ring substituents is 1. The number of oxazole rings is 1. The third-order valence-electron chi connectivity index (χ3n) is 1.86. The average molecular weight is 203 g/mol. The van der Waals surface area contributed by atoms with E-state index in [9.17, 15) is 10.1 Å². The number of nitrogens with zero attached hydrogens (tertiary/aromatic N) is 3. The highest BCUT2D eigenvalue weighted by Crippen LogP contribution is 2.21. The molecule has 0 aliphatic rings. The molecule has 15 heavy (non-hydrogen) atoms. The van der Waals surface area contributed by atoms with Crippen molar-refractivity contribution in [2.24, 2.45) is 0 Å². The van der Waals surface area contributed by atoms with Crippen LogP contribution in [-0.4, -0.2) is 9.91 Å². The first-order valence-corrected chi connectivity index (χ1v) is 4.11. The predicted molar refractivity (Wildman–Crippen MR) is 50.0 cm³/mol. The van der Waals surface area contributed by atoms with Gasteiger partial charge < -0.3 is 4.42 Å². The van der Waals surface area contributed by atoms with Gasteiger partial charge in [0.15, 0.2) is 5.58 Å². The summed E-state index contributed by atoms with van der Waals surface area (Å²) in [4.78, 5) is 14.0. The Balaban J connectivity index is 2.53. The number of rotatable bonds is 2. The van der Waals surface area contributed by atoms with Gasteiger partial charge in [0.05, 0.1) is 17.1 Å². The molecule has 0 bridgehead atoms. The van der Waals surface area contributed by atoms with E-state index in [-0.39, 0.29) is 18.0 Å². The van der Waals surface area contributed by atoms with Crippen molar-refractivity contribution >= 4 is 16.8 Å². The lowest BCUT2D eigenvalue weighted by Gasteiger charge is -1.88. The SMILES string of the molecule is N#CCc1nc2ccc([N+](=O)[O-])cc2o1. The zero-order valence-electron chi connectivity index (χ0n) is 7.51. The van der Waals surface area contributed by atoms with Gasteiger partial charge in [-0.3, -0.25) is 10.1 Å². The van der Waals surface area contributed by atoms with Gasteiger partial charge in [0.2, 0.25) is 5.89 Å². The van der Waals surface area contributed by atoms with Crippen LogP contribution in [0.5, 0.6) is 0 Å². The van der Waals surface area contributed by atoms with Gasteiger partial charge in [-0.2, -0.15) is 5.26 Å². The van der Waals surface area contributed by atoms with Crippen LogP contribution in [0.25, 0.3) is 11.1 Å². The summed E-state index contributed by atoms with van der Waals surface area (Å²) in [6.07, 6.45) is 0.0580. The summed E-state index contributed by atoms with van der Waals surface area (Å²) in [6.45, 7) is 0. The Hall–Kier alpha value is -2.42. The molecule has 2 rings (SSSR count). The Labute approximate surface area is 83.9 Å². The summed E-state index contributed by atoms with van der Waals surface area (Å²) in [5.74, 6) is 0.271. The van der Waals surface area contributed by atoms with Crippen LogP contribution in [0.3, 0.4) is 0 Å². The van der Waals surface area contributed by atoms with E-state index in [0.29, 0.717) is 11.1 Å². The second kappa shape index (κ2) is 3.38. The molecule has 0 unspecified atom stereocenters. The number of nitro benzene ring substituents is 1. The molecular formula is C9H5N3O3. The molecule has 0 amide bonds. The highest BCUT2D eigenvalue weighted by atomic mass is 16.6. The Bertz CT molecular complexity index is 567. The second-order valence-corrected chi connectivity index (χ2v) is 2.85. The van der Waals surface area contributed by atoms with Crippen LogP contribution in [0.15, 0.2) is 22.6 Å². The molecule has 0 spiro atoms. The smallest absolute Gasteiger partial charge is 0.273 e. The molecule has 1 aromatic carbocycles. The lowest BCUT2D eigenvalue weighted by molar-refractivity contribution is -0.384. The molecule has 2 aromatic rings. The van der Waals surface area contributed by atoms with Gasteiger partial charge in [-0.1, -0.05) is 0 Å². The number of benzene rings is 1. The summed E-state index contributed by atoms with van der Waals surface area (Å²) in [5.41, 5.74) is 0.794. The molecule has 0 fully saturated rings. The van der Waals surface area contributed by atoms with Gasteiger partial charge >= 0.3 is 0 Å². The fourth-order valence-corrected chi connectivity index (χ4v) is 1.22. The van der Waals surface area contributed by atoms with Crippen molar-refractivity contribution in [3.8, 4) is 6.07 Å². The first-order valence-electron chi connectivity index (χ1n) is 4.11. The minimum Gasteiger partial charge on any atom is -0.439 e. The topological polar surface area (TPSA) is 93.0 Å². The number of nitro groups is 1. The van der Waals surface area contributed by atoms with Crippen LogP contribution < -0.4 is 0 Å². The molecule has 1 aromatic heterocycles. The van der Waals surface area contributed by atoms with Crippen molar-refractivity contribution in [1.29, 1.82) is 5.26 Å². The maximum Gasteiger partial charge on any atom is 0.273 e. The van der Waals surface area contributed by atoms with E-state index in [1.54, 1.807) is 0 Å². The lowest BCUT2D eigenvalue weighted by Crippen LogP contribution is -1.86. The summed E-state index contributed by atoms with van der Waals surface area (Å²) >= 11 is 0. The zero-order chi connectivity index (χ0) is 10.8. The molecule has 0 aliphatic carbocycles. The maximum atomic E-state index is 10.5. The van der Waals surface area contributed by atoms with Crippen LogP contribution in [0, 0.1) is 21.4 Å². The Morgan fingerprint density at radius 3 is 3.07 bits per heavy atom. The zero-order valence-corrected chi connectivity index (χ0v) is 7.51. The van der Waals surface area contributed by atoms with Gasteiger partial charge in [0, 0.05) is 6.07 Å². The number of fused-ring (bicyclic) bond motifs is 1. The molecule has 0 radical (unpaired) electrons. The third-order valence-corrected chi connectivity index (χ3v) is 1.86. The van der Waals surface area contributed by atoms with Crippen LogP contribution in [0.2, 0.25) is 0 Å². The van der Waals surface area contributed by atoms with Crippen LogP contribution in [-0.2, 0) is 6.42 Å². The monoisotopic (exact) mass is 203 g/mol. The highest BCUT2D eigenvalue weighted by Gasteiger charge is 2.10. The van der Waals surface area contributed by atoms with Crippen LogP contribution >= 0.6 is 0 Å². The van der Waals surface area contributed by atoms with E-state index >= 15 is 0 Å².